The highest BCUT2D eigenvalue weighted by atomic mass is 15.0. The third-order valence-corrected chi connectivity index (χ3v) is 4.78. The molecular formula is C14H21N. The Balaban J connectivity index is 2.65. The molecule has 0 aromatic heterocycles. The van der Waals surface area contributed by atoms with E-state index in [-0.39, 0.29) is 11.0 Å². The molecule has 2 rings (SSSR count). The Labute approximate surface area is 92.9 Å². The molecule has 1 nitrogen and oxygen atoms in total. The Morgan fingerprint density at radius 3 is 2.27 bits per heavy atom. The van der Waals surface area contributed by atoms with Crippen LogP contribution in [0.1, 0.15) is 44.7 Å². The normalized spacial score (nSPS) is 32.7. The van der Waals surface area contributed by atoms with Crippen LogP contribution in [0.3, 0.4) is 0 Å². The van der Waals surface area contributed by atoms with Crippen molar-refractivity contribution in [3.8, 4) is 0 Å². The zero-order valence-electron chi connectivity index (χ0n) is 10.4. The summed E-state index contributed by atoms with van der Waals surface area (Å²) >= 11 is 0. The molecule has 0 heterocycles. The maximum absolute atomic E-state index is 3.53. The third-order valence-electron chi connectivity index (χ3n) is 4.78. The van der Waals surface area contributed by atoms with Crippen LogP contribution in [0.2, 0.25) is 0 Å². The van der Waals surface area contributed by atoms with Gasteiger partial charge in [0.15, 0.2) is 0 Å². The summed E-state index contributed by atoms with van der Waals surface area (Å²) in [6, 6.07) is 8.83. The molecule has 0 saturated heterocycles. The Morgan fingerprint density at radius 2 is 1.73 bits per heavy atom. The first kappa shape index (κ1) is 10.7. The number of hydrogen-bond acceptors (Lipinski definition) is 1. The molecular weight excluding hydrogens is 182 g/mol. The van der Waals surface area contributed by atoms with Crippen molar-refractivity contribution < 1.29 is 0 Å². The van der Waals surface area contributed by atoms with Crippen LogP contribution in [0, 0.1) is 0 Å². The molecule has 0 radical (unpaired) electrons. The van der Waals surface area contributed by atoms with Gasteiger partial charge in [-0.1, -0.05) is 45.0 Å². The fourth-order valence-electron chi connectivity index (χ4n) is 3.10. The van der Waals surface area contributed by atoms with Crippen molar-refractivity contribution in [2.75, 3.05) is 7.05 Å². The molecule has 2 atom stereocenters. The molecule has 1 aromatic carbocycles. The summed E-state index contributed by atoms with van der Waals surface area (Å²) in [6.45, 7) is 9.33. The molecule has 1 aliphatic rings. The van der Waals surface area contributed by atoms with Crippen LogP contribution in [0.15, 0.2) is 24.3 Å². The second kappa shape index (κ2) is 3.08. The monoisotopic (exact) mass is 203 g/mol. The summed E-state index contributed by atoms with van der Waals surface area (Å²) in [5.41, 5.74) is 3.34. The highest BCUT2D eigenvalue weighted by molar-refractivity contribution is 5.47. The molecule has 15 heavy (non-hydrogen) atoms. The van der Waals surface area contributed by atoms with Crippen molar-refractivity contribution >= 4 is 0 Å². The number of fused-ring (bicyclic) bond motifs is 1. The summed E-state index contributed by atoms with van der Waals surface area (Å²) in [5.74, 6) is 0.564. The van der Waals surface area contributed by atoms with Crippen LogP contribution in [0.5, 0.6) is 0 Å². The van der Waals surface area contributed by atoms with Gasteiger partial charge in [0.05, 0.1) is 0 Å². The highest BCUT2D eigenvalue weighted by Crippen LogP contribution is 2.52. The van der Waals surface area contributed by atoms with Gasteiger partial charge in [-0.15, -0.1) is 0 Å². The van der Waals surface area contributed by atoms with E-state index < -0.39 is 0 Å². The lowest BCUT2D eigenvalue weighted by atomic mass is 9.71. The molecule has 0 fully saturated rings. The fraction of sp³-hybridized carbons (Fsp3) is 0.571. The number of hydrogen-bond donors (Lipinski definition) is 1. The van der Waals surface area contributed by atoms with E-state index in [1.165, 1.54) is 11.1 Å². The van der Waals surface area contributed by atoms with Gasteiger partial charge in [0.25, 0.3) is 0 Å². The van der Waals surface area contributed by atoms with Crippen molar-refractivity contribution in [3.05, 3.63) is 35.4 Å². The molecule has 0 bridgehead atoms. The minimum absolute atomic E-state index is 0.149. The Kier molecular flexibility index (Phi) is 2.20. The molecule has 1 N–H and O–H groups in total. The topological polar surface area (TPSA) is 12.0 Å². The van der Waals surface area contributed by atoms with Gasteiger partial charge in [-0.25, -0.2) is 0 Å². The van der Waals surface area contributed by atoms with Crippen molar-refractivity contribution in [1.82, 2.24) is 5.32 Å². The summed E-state index contributed by atoms with van der Waals surface area (Å²) in [6.07, 6.45) is 0. The van der Waals surface area contributed by atoms with Crippen molar-refractivity contribution in [1.29, 1.82) is 0 Å². The van der Waals surface area contributed by atoms with Gasteiger partial charge >= 0.3 is 0 Å². The standard InChI is InChI=1S/C14H21N/c1-10-11-8-6-7-9-12(11)13(2,3)14(10,4)15-5/h6-10,15H,1-5H3. The van der Waals surface area contributed by atoms with E-state index in [4.69, 9.17) is 0 Å². The maximum atomic E-state index is 3.53. The molecule has 0 amide bonds. The molecule has 0 saturated carbocycles. The van der Waals surface area contributed by atoms with Gasteiger partial charge in [-0.05, 0) is 25.1 Å². The largest absolute Gasteiger partial charge is 0.313 e. The van der Waals surface area contributed by atoms with Crippen LogP contribution in [0.25, 0.3) is 0 Å². The van der Waals surface area contributed by atoms with Crippen LogP contribution in [-0.2, 0) is 5.41 Å². The van der Waals surface area contributed by atoms with E-state index in [0.29, 0.717) is 5.92 Å². The van der Waals surface area contributed by atoms with Crippen molar-refractivity contribution in [2.45, 2.75) is 44.6 Å². The van der Waals surface area contributed by atoms with Crippen LogP contribution >= 0.6 is 0 Å². The number of benzene rings is 1. The lowest BCUT2D eigenvalue weighted by Crippen LogP contribution is -2.53. The third kappa shape index (κ3) is 1.13. The average Bonchev–Trinajstić information content (AvgIpc) is 2.40. The van der Waals surface area contributed by atoms with Gasteiger partial charge in [0.2, 0.25) is 0 Å². The van der Waals surface area contributed by atoms with E-state index in [2.05, 4.69) is 64.3 Å². The fourth-order valence-corrected chi connectivity index (χ4v) is 3.10. The van der Waals surface area contributed by atoms with Gasteiger partial charge in [0.1, 0.15) is 0 Å². The quantitative estimate of drug-likeness (QED) is 0.739. The van der Waals surface area contributed by atoms with E-state index in [1.807, 2.05) is 0 Å². The van der Waals surface area contributed by atoms with Gasteiger partial charge in [0, 0.05) is 16.9 Å². The Morgan fingerprint density at radius 1 is 1.13 bits per heavy atom. The molecule has 2 unspecified atom stereocenters. The van der Waals surface area contributed by atoms with Crippen LogP contribution < -0.4 is 5.32 Å². The maximum Gasteiger partial charge on any atom is 0.0308 e. The predicted molar refractivity (Wildman–Crippen MR) is 65.3 cm³/mol. The second-order valence-corrected chi connectivity index (χ2v) is 5.39. The first-order chi connectivity index (χ1) is 6.95. The molecule has 1 heteroatoms. The zero-order chi connectivity index (χ0) is 11.3. The zero-order valence-corrected chi connectivity index (χ0v) is 10.4. The first-order valence-corrected chi connectivity index (χ1v) is 5.73. The minimum atomic E-state index is 0.149. The van der Waals surface area contributed by atoms with E-state index in [9.17, 15) is 0 Å². The van der Waals surface area contributed by atoms with Gasteiger partial charge in [-0.3, -0.25) is 0 Å². The van der Waals surface area contributed by atoms with Crippen LogP contribution in [0.4, 0.5) is 0 Å². The number of nitrogens with one attached hydrogen (secondary N) is 1. The summed E-state index contributed by atoms with van der Waals surface area (Å²) in [7, 11) is 2.07. The van der Waals surface area contributed by atoms with E-state index >= 15 is 0 Å². The number of likely N-dealkylation sites (N-methyl/N-ethyl adjacent to an activating group) is 1. The van der Waals surface area contributed by atoms with Crippen LogP contribution in [-0.4, -0.2) is 12.6 Å². The predicted octanol–water partition coefficient (Wildman–Crippen LogP) is 3.06. The molecule has 1 aromatic rings. The van der Waals surface area contributed by atoms with E-state index in [0.717, 1.165) is 0 Å². The number of rotatable bonds is 1. The second-order valence-electron chi connectivity index (χ2n) is 5.39. The van der Waals surface area contributed by atoms with E-state index in [1.54, 1.807) is 0 Å². The van der Waals surface area contributed by atoms with Crippen molar-refractivity contribution in [3.63, 3.8) is 0 Å². The molecule has 82 valence electrons. The lowest BCUT2D eigenvalue weighted by molar-refractivity contribution is 0.224. The highest BCUT2D eigenvalue weighted by Gasteiger charge is 2.52. The summed E-state index contributed by atoms with van der Waals surface area (Å²) in [4.78, 5) is 0. The summed E-state index contributed by atoms with van der Waals surface area (Å²) in [5, 5.41) is 3.53. The Hall–Kier alpha value is -0.820. The molecule has 0 aliphatic heterocycles. The van der Waals surface area contributed by atoms with Crippen molar-refractivity contribution in [2.24, 2.45) is 0 Å². The Bertz CT molecular complexity index is 381. The lowest BCUT2D eigenvalue weighted by Gasteiger charge is -2.42. The minimum Gasteiger partial charge on any atom is -0.313 e. The van der Waals surface area contributed by atoms with Gasteiger partial charge < -0.3 is 5.32 Å². The molecule has 0 spiro atoms. The summed E-state index contributed by atoms with van der Waals surface area (Å²) < 4.78 is 0. The smallest absolute Gasteiger partial charge is 0.0308 e. The average molecular weight is 203 g/mol. The van der Waals surface area contributed by atoms with Gasteiger partial charge in [-0.2, -0.15) is 0 Å². The SMILES string of the molecule is CNC1(C)C(C)c2ccccc2C1(C)C. The molecule has 1 aliphatic carbocycles. The first-order valence-electron chi connectivity index (χ1n) is 5.73.